The maximum absolute atomic E-state index is 10.6. The van der Waals surface area contributed by atoms with Crippen molar-refractivity contribution in [2.75, 3.05) is 51.0 Å². The Kier molecular flexibility index (Phi) is 8.12. The minimum absolute atomic E-state index is 0.0728. The molecule has 0 aliphatic carbocycles. The smallest absolute Gasteiger partial charge is 0.475 e. The summed E-state index contributed by atoms with van der Waals surface area (Å²) in [7, 11) is 0. The summed E-state index contributed by atoms with van der Waals surface area (Å²) < 4.78 is 42.9. The minimum Gasteiger partial charge on any atom is -0.475 e. The van der Waals surface area contributed by atoms with E-state index in [1.165, 1.54) is 0 Å². The molecule has 2 aliphatic rings. The first-order valence-electron chi connectivity index (χ1n) is 9.50. The van der Waals surface area contributed by atoms with Crippen molar-refractivity contribution < 1.29 is 32.5 Å². The number of aliphatic carboxylic acids is 1. The molecule has 2 fully saturated rings. The molecule has 2 aromatic heterocycles. The number of morpholine rings is 2. The molecule has 0 radical (unpaired) electrons. The third-order valence-corrected chi connectivity index (χ3v) is 5.36. The topological polar surface area (TPSA) is 101 Å². The van der Waals surface area contributed by atoms with Gasteiger partial charge in [0, 0.05) is 37.4 Å². The number of carboxylic acid groups (broad SMARTS) is 1. The van der Waals surface area contributed by atoms with E-state index >= 15 is 0 Å². The minimum atomic E-state index is -5.08. The molecule has 13 heteroatoms. The predicted molar refractivity (Wildman–Crippen MR) is 105 cm³/mol. The predicted octanol–water partition coefficient (Wildman–Crippen LogP) is 1.98. The number of hydrogen-bond donors (Lipinski definition) is 1. The zero-order valence-corrected chi connectivity index (χ0v) is 17.3. The second kappa shape index (κ2) is 10.8. The molecule has 4 heterocycles. The first-order chi connectivity index (χ1) is 14.8. The largest absolute Gasteiger partial charge is 0.490 e. The normalized spacial score (nSPS) is 20.1. The van der Waals surface area contributed by atoms with E-state index in [4.69, 9.17) is 24.4 Å². The summed E-state index contributed by atoms with van der Waals surface area (Å²) in [5.74, 6) is -0.953. The van der Waals surface area contributed by atoms with Crippen molar-refractivity contribution >= 4 is 23.1 Å². The average Bonchev–Trinajstić information content (AvgIpc) is 3.28. The van der Waals surface area contributed by atoms with Crippen LogP contribution in [0.3, 0.4) is 0 Å². The summed E-state index contributed by atoms with van der Waals surface area (Å²) >= 11 is 1.68. The Morgan fingerprint density at radius 1 is 1.16 bits per heavy atom. The molecule has 0 spiro atoms. The van der Waals surface area contributed by atoms with Crippen molar-refractivity contribution in [3.8, 4) is 0 Å². The lowest BCUT2D eigenvalue weighted by Gasteiger charge is -2.34. The van der Waals surface area contributed by atoms with Crippen molar-refractivity contribution in [2.45, 2.75) is 18.8 Å². The van der Waals surface area contributed by atoms with Crippen LogP contribution in [0.4, 0.5) is 19.0 Å². The van der Waals surface area contributed by atoms with Gasteiger partial charge >= 0.3 is 12.1 Å². The maximum atomic E-state index is 10.6. The molecular formula is C18H22F3N5O4S. The van der Waals surface area contributed by atoms with E-state index in [2.05, 4.69) is 19.8 Å². The highest BCUT2D eigenvalue weighted by molar-refractivity contribution is 7.09. The highest BCUT2D eigenvalue weighted by atomic mass is 32.1. The molecule has 170 valence electrons. The van der Waals surface area contributed by atoms with Gasteiger partial charge in [0.1, 0.15) is 16.6 Å². The molecule has 0 amide bonds. The van der Waals surface area contributed by atoms with Gasteiger partial charge in [-0.05, 0) is 6.07 Å². The lowest BCUT2D eigenvalue weighted by atomic mass is 10.2. The summed E-state index contributed by atoms with van der Waals surface area (Å²) in [6.07, 6.45) is -1.38. The van der Waals surface area contributed by atoms with Gasteiger partial charge in [0.05, 0.1) is 39.0 Å². The SMILES string of the molecule is O=C(O)C(F)(F)F.c1cc(N2CCOCC2)nc(C2COCCN2Cc2nccs2)n1. The number of aromatic nitrogens is 3. The number of alkyl halides is 3. The number of anilines is 1. The quantitative estimate of drug-likeness (QED) is 0.732. The zero-order chi connectivity index (χ0) is 22.3. The number of halogens is 3. The number of carbonyl (C=O) groups is 1. The third-order valence-electron chi connectivity index (χ3n) is 4.60. The highest BCUT2D eigenvalue weighted by Gasteiger charge is 2.38. The van der Waals surface area contributed by atoms with Crippen LogP contribution in [0.25, 0.3) is 0 Å². The number of carboxylic acids is 1. The standard InChI is InChI=1S/C16H21N5O2S.C2HF3O2/c1-2-18-16(19-14(1)20-4-7-22-8-5-20)13-12-23-9-6-21(13)11-15-17-3-10-24-15;3-2(4,5)1(6)7/h1-3,10,13H,4-9,11-12H2;(H,6,7). The Balaban J connectivity index is 0.000000339. The molecule has 2 aromatic rings. The molecule has 1 N–H and O–H groups in total. The molecule has 9 nitrogen and oxygen atoms in total. The molecule has 4 rings (SSSR count). The molecular weight excluding hydrogens is 439 g/mol. The van der Waals surface area contributed by atoms with Gasteiger partial charge in [0.15, 0.2) is 0 Å². The van der Waals surface area contributed by atoms with Gasteiger partial charge in [-0.1, -0.05) is 0 Å². The maximum Gasteiger partial charge on any atom is 0.490 e. The highest BCUT2D eigenvalue weighted by Crippen LogP contribution is 2.25. The van der Waals surface area contributed by atoms with Crippen LogP contribution in [0.5, 0.6) is 0 Å². The van der Waals surface area contributed by atoms with Crippen LogP contribution >= 0.6 is 11.3 Å². The molecule has 2 saturated heterocycles. The van der Waals surface area contributed by atoms with Crippen molar-refractivity contribution in [3.63, 3.8) is 0 Å². The molecule has 1 atom stereocenters. The van der Waals surface area contributed by atoms with Crippen molar-refractivity contribution in [2.24, 2.45) is 0 Å². The van der Waals surface area contributed by atoms with E-state index in [0.29, 0.717) is 6.61 Å². The van der Waals surface area contributed by atoms with E-state index in [9.17, 15) is 13.2 Å². The first-order valence-corrected chi connectivity index (χ1v) is 10.4. The van der Waals surface area contributed by atoms with Crippen LogP contribution in [0.1, 0.15) is 16.9 Å². The van der Waals surface area contributed by atoms with E-state index in [0.717, 1.165) is 62.6 Å². The van der Waals surface area contributed by atoms with Crippen LogP contribution in [-0.4, -0.2) is 83.2 Å². The van der Waals surface area contributed by atoms with E-state index in [1.54, 1.807) is 11.3 Å². The van der Waals surface area contributed by atoms with E-state index in [-0.39, 0.29) is 6.04 Å². The number of rotatable bonds is 4. The third kappa shape index (κ3) is 6.82. The summed E-state index contributed by atoms with van der Waals surface area (Å²) in [6, 6.07) is 2.05. The van der Waals surface area contributed by atoms with Crippen LogP contribution in [0.15, 0.2) is 23.8 Å². The summed E-state index contributed by atoms with van der Waals surface area (Å²) in [5, 5.41) is 10.3. The number of hydrogen-bond acceptors (Lipinski definition) is 9. The zero-order valence-electron chi connectivity index (χ0n) is 16.5. The van der Waals surface area contributed by atoms with Crippen LogP contribution in [-0.2, 0) is 20.8 Å². The average molecular weight is 461 g/mol. The lowest BCUT2D eigenvalue weighted by molar-refractivity contribution is -0.192. The molecule has 0 saturated carbocycles. The first kappa shape index (κ1) is 23.3. The molecule has 1 unspecified atom stereocenters. The van der Waals surface area contributed by atoms with E-state index < -0.39 is 12.1 Å². The van der Waals surface area contributed by atoms with Crippen LogP contribution in [0.2, 0.25) is 0 Å². The van der Waals surface area contributed by atoms with Gasteiger partial charge in [-0.25, -0.2) is 19.7 Å². The Hall–Kier alpha value is -2.35. The van der Waals surface area contributed by atoms with Gasteiger partial charge in [-0.15, -0.1) is 11.3 Å². The molecule has 31 heavy (non-hydrogen) atoms. The second-order valence-electron chi connectivity index (χ2n) is 6.66. The Labute approximate surface area is 180 Å². The van der Waals surface area contributed by atoms with Gasteiger partial charge in [-0.3, -0.25) is 4.90 Å². The van der Waals surface area contributed by atoms with E-state index in [1.807, 2.05) is 23.8 Å². The summed E-state index contributed by atoms with van der Waals surface area (Å²) in [4.78, 5) is 27.3. The monoisotopic (exact) mass is 461 g/mol. The Bertz CT molecular complexity index is 834. The van der Waals surface area contributed by atoms with Gasteiger partial charge in [0.2, 0.25) is 0 Å². The summed E-state index contributed by atoms with van der Waals surface area (Å²) in [6.45, 7) is 6.31. The fourth-order valence-corrected chi connectivity index (χ4v) is 3.70. The van der Waals surface area contributed by atoms with Crippen molar-refractivity contribution in [1.29, 1.82) is 0 Å². The number of nitrogens with zero attached hydrogens (tertiary/aromatic N) is 5. The van der Waals surface area contributed by atoms with Crippen molar-refractivity contribution in [1.82, 2.24) is 19.9 Å². The lowest BCUT2D eigenvalue weighted by Crippen LogP contribution is -2.40. The van der Waals surface area contributed by atoms with Gasteiger partial charge in [-0.2, -0.15) is 13.2 Å². The fourth-order valence-electron chi connectivity index (χ4n) is 3.06. The summed E-state index contributed by atoms with van der Waals surface area (Å²) in [5.41, 5.74) is 0. The second-order valence-corrected chi connectivity index (χ2v) is 7.64. The van der Waals surface area contributed by atoms with Crippen LogP contribution in [0, 0.1) is 0 Å². The number of ether oxygens (including phenoxy) is 2. The Morgan fingerprint density at radius 3 is 2.52 bits per heavy atom. The number of thiazole rings is 1. The Morgan fingerprint density at radius 2 is 1.87 bits per heavy atom. The fraction of sp³-hybridized carbons (Fsp3) is 0.556. The van der Waals surface area contributed by atoms with Crippen molar-refractivity contribution in [3.05, 3.63) is 34.7 Å². The van der Waals surface area contributed by atoms with Gasteiger partial charge < -0.3 is 19.5 Å². The van der Waals surface area contributed by atoms with Crippen LogP contribution < -0.4 is 4.90 Å². The molecule has 2 aliphatic heterocycles. The molecule has 0 aromatic carbocycles. The molecule has 0 bridgehead atoms. The van der Waals surface area contributed by atoms with Gasteiger partial charge in [0.25, 0.3) is 0 Å².